The van der Waals surface area contributed by atoms with Crippen LogP contribution in [0.4, 0.5) is 11.5 Å². The number of rotatable bonds is 10. The Morgan fingerprint density at radius 2 is 1.56 bits per heavy atom. The van der Waals surface area contributed by atoms with Crippen LogP contribution >= 0.6 is 0 Å². The van der Waals surface area contributed by atoms with Gasteiger partial charge in [0.05, 0.1) is 19.0 Å². The van der Waals surface area contributed by atoms with Gasteiger partial charge in [0.1, 0.15) is 0 Å². The normalized spacial score (nSPS) is 11.4. The molecule has 4 rings (SSSR count). The van der Waals surface area contributed by atoms with Gasteiger partial charge in [0, 0.05) is 20.2 Å². The zero-order valence-corrected chi connectivity index (χ0v) is 21.3. The summed E-state index contributed by atoms with van der Waals surface area (Å²) in [7, 11) is 0.584. The Labute approximate surface area is 202 Å². The van der Waals surface area contributed by atoms with E-state index in [0.717, 1.165) is 46.3 Å². The number of nitrogens with zero attached hydrogens (tertiary/aromatic N) is 3. The van der Waals surface area contributed by atoms with Gasteiger partial charge in [-0.2, -0.15) is 9.90 Å². The molecule has 0 unspecified atom stereocenters. The minimum absolute atomic E-state index is 0.339. The van der Waals surface area contributed by atoms with Crippen LogP contribution in [0.3, 0.4) is 0 Å². The molecule has 0 fully saturated rings. The molecule has 7 heteroatoms. The van der Waals surface area contributed by atoms with Gasteiger partial charge < -0.3 is 14.8 Å². The standard InChI is InChI=1S/C27H32N4O2Si/c1-32-27-24(29-25-19-28-31(30-25)20-33-17-18-34(2,3)4)16-15-23(21-11-7-5-8-12-21)26(27)22-13-9-6-10-14-22/h5-16,19H,17-18,20H2,1-4H3,(H,29,30). The Kier molecular flexibility index (Phi) is 7.45. The highest BCUT2D eigenvalue weighted by molar-refractivity contribution is 6.76. The number of methoxy groups -OCH3 is 1. The van der Waals surface area contributed by atoms with Gasteiger partial charge in [0.15, 0.2) is 18.3 Å². The molecule has 0 aliphatic rings. The van der Waals surface area contributed by atoms with E-state index in [1.54, 1.807) is 18.1 Å². The fourth-order valence-electron chi connectivity index (χ4n) is 3.72. The molecule has 0 amide bonds. The maximum absolute atomic E-state index is 5.95. The van der Waals surface area contributed by atoms with E-state index in [4.69, 9.17) is 9.47 Å². The van der Waals surface area contributed by atoms with Crippen molar-refractivity contribution >= 4 is 19.6 Å². The fourth-order valence-corrected chi connectivity index (χ4v) is 4.48. The predicted octanol–water partition coefficient (Wildman–Crippen LogP) is 6.68. The minimum Gasteiger partial charge on any atom is -0.494 e. The van der Waals surface area contributed by atoms with Gasteiger partial charge in [0.25, 0.3) is 0 Å². The lowest BCUT2D eigenvalue weighted by Gasteiger charge is -2.18. The number of hydrogen-bond acceptors (Lipinski definition) is 5. The molecule has 0 saturated heterocycles. The second kappa shape index (κ2) is 10.7. The van der Waals surface area contributed by atoms with E-state index in [-0.39, 0.29) is 0 Å². The Morgan fingerprint density at radius 1 is 0.882 bits per heavy atom. The summed E-state index contributed by atoms with van der Waals surface area (Å²) in [4.78, 5) is 1.56. The van der Waals surface area contributed by atoms with E-state index < -0.39 is 8.07 Å². The average molecular weight is 473 g/mol. The molecule has 4 aromatic rings. The van der Waals surface area contributed by atoms with Gasteiger partial charge in [0.2, 0.25) is 0 Å². The van der Waals surface area contributed by atoms with Crippen LogP contribution in [0.1, 0.15) is 0 Å². The molecular weight excluding hydrogens is 440 g/mol. The second-order valence-electron chi connectivity index (χ2n) is 9.38. The van der Waals surface area contributed by atoms with E-state index in [9.17, 15) is 0 Å². The highest BCUT2D eigenvalue weighted by Gasteiger charge is 2.18. The molecule has 0 aliphatic carbocycles. The number of benzene rings is 3. The molecule has 176 valence electrons. The molecule has 0 saturated carbocycles. The summed E-state index contributed by atoms with van der Waals surface area (Å²) in [5, 5.41) is 12.2. The Bertz CT molecular complexity index is 1200. The highest BCUT2D eigenvalue weighted by Crippen LogP contribution is 2.44. The van der Waals surface area contributed by atoms with E-state index >= 15 is 0 Å². The number of aromatic nitrogens is 3. The summed E-state index contributed by atoms with van der Waals surface area (Å²) in [5.74, 6) is 1.40. The first-order valence-corrected chi connectivity index (χ1v) is 15.2. The van der Waals surface area contributed by atoms with E-state index in [1.165, 1.54) is 0 Å². The van der Waals surface area contributed by atoms with Gasteiger partial charge in [-0.25, -0.2) is 0 Å². The molecule has 0 spiro atoms. The van der Waals surface area contributed by atoms with Crippen LogP contribution in [0, 0.1) is 0 Å². The molecule has 6 nitrogen and oxygen atoms in total. The first-order valence-electron chi connectivity index (χ1n) is 11.5. The third-order valence-corrected chi connectivity index (χ3v) is 7.22. The fraction of sp³-hybridized carbons (Fsp3) is 0.259. The molecule has 0 aliphatic heterocycles. The van der Waals surface area contributed by atoms with Crippen LogP contribution in [0.2, 0.25) is 25.7 Å². The molecule has 0 atom stereocenters. The maximum Gasteiger partial charge on any atom is 0.173 e. The predicted molar refractivity (Wildman–Crippen MR) is 141 cm³/mol. The zero-order chi connectivity index (χ0) is 24.0. The van der Waals surface area contributed by atoms with Crippen molar-refractivity contribution in [1.82, 2.24) is 15.0 Å². The van der Waals surface area contributed by atoms with Crippen molar-refractivity contribution in [1.29, 1.82) is 0 Å². The first-order chi connectivity index (χ1) is 16.4. The summed E-state index contributed by atoms with van der Waals surface area (Å²) >= 11 is 0. The van der Waals surface area contributed by atoms with Crippen LogP contribution in [0.15, 0.2) is 79.0 Å². The smallest absolute Gasteiger partial charge is 0.173 e. The number of nitrogens with one attached hydrogen (secondary N) is 1. The van der Waals surface area contributed by atoms with Gasteiger partial charge >= 0.3 is 0 Å². The molecule has 1 heterocycles. The summed E-state index contributed by atoms with van der Waals surface area (Å²) in [6, 6.07) is 25.9. The molecular formula is C27H32N4O2Si. The average Bonchev–Trinajstić information content (AvgIpc) is 3.29. The van der Waals surface area contributed by atoms with Crippen molar-refractivity contribution in [2.75, 3.05) is 19.0 Å². The van der Waals surface area contributed by atoms with E-state index in [0.29, 0.717) is 12.5 Å². The lowest BCUT2D eigenvalue weighted by molar-refractivity contribution is 0.0687. The monoisotopic (exact) mass is 472 g/mol. The maximum atomic E-state index is 5.95. The van der Waals surface area contributed by atoms with Gasteiger partial charge in [-0.3, -0.25) is 0 Å². The molecule has 1 aromatic heterocycles. The molecule has 0 bridgehead atoms. The van der Waals surface area contributed by atoms with Crippen molar-refractivity contribution in [2.24, 2.45) is 0 Å². The van der Waals surface area contributed by atoms with Crippen molar-refractivity contribution < 1.29 is 9.47 Å². The lowest BCUT2D eigenvalue weighted by atomic mass is 9.93. The number of ether oxygens (including phenoxy) is 2. The lowest BCUT2D eigenvalue weighted by Crippen LogP contribution is -2.22. The van der Waals surface area contributed by atoms with Gasteiger partial charge in [-0.05, 0) is 28.8 Å². The van der Waals surface area contributed by atoms with Crippen molar-refractivity contribution in [2.45, 2.75) is 32.4 Å². The molecule has 1 N–H and O–H groups in total. The zero-order valence-electron chi connectivity index (χ0n) is 20.3. The minimum atomic E-state index is -1.12. The largest absolute Gasteiger partial charge is 0.494 e. The number of anilines is 2. The van der Waals surface area contributed by atoms with Crippen molar-refractivity contribution in [3.63, 3.8) is 0 Å². The molecule has 0 radical (unpaired) electrons. The summed E-state index contributed by atoms with van der Waals surface area (Å²) in [6.07, 6.45) is 1.70. The third-order valence-electron chi connectivity index (χ3n) is 5.51. The Balaban J connectivity index is 1.61. The molecule has 34 heavy (non-hydrogen) atoms. The quantitative estimate of drug-likeness (QED) is 0.206. The van der Waals surface area contributed by atoms with Crippen LogP contribution < -0.4 is 10.1 Å². The Morgan fingerprint density at radius 3 is 2.21 bits per heavy atom. The summed E-state index contributed by atoms with van der Waals surface area (Å²) < 4.78 is 11.7. The van der Waals surface area contributed by atoms with Crippen LogP contribution in [-0.2, 0) is 11.5 Å². The second-order valence-corrected chi connectivity index (χ2v) is 15.0. The van der Waals surface area contributed by atoms with Crippen LogP contribution in [0.25, 0.3) is 22.3 Å². The van der Waals surface area contributed by atoms with Crippen LogP contribution in [-0.4, -0.2) is 36.8 Å². The Hall–Kier alpha value is -3.42. The summed E-state index contributed by atoms with van der Waals surface area (Å²) in [6.45, 7) is 8.08. The highest BCUT2D eigenvalue weighted by atomic mass is 28.3. The topological polar surface area (TPSA) is 61.2 Å². The summed E-state index contributed by atoms with van der Waals surface area (Å²) in [5.41, 5.74) is 5.18. The first kappa shape index (κ1) is 23.7. The van der Waals surface area contributed by atoms with Gasteiger partial charge in [-0.15, -0.1) is 5.10 Å². The van der Waals surface area contributed by atoms with Crippen LogP contribution in [0.5, 0.6) is 5.75 Å². The van der Waals surface area contributed by atoms with Gasteiger partial charge in [-0.1, -0.05) is 86.4 Å². The van der Waals surface area contributed by atoms with Crippen molar-refractivity contribution in [3.8, 4) is 28.0 Å². The number of hydrogen-bond donors (Lipinski definition) is 1. The molecule has 3 aromatic carbocycles. The van der Waals surface area contributed by atoms with E-state index in [2.05, 4.69) is 65.5 Å². The SMILES string of the molecule is COc1c(Nc2cnn(COCC[Si](C)(C)C)n2)ccc(-c2ccccc2)c1-c1ccccc1. The van der Waals surface area contributed by atoms with Crippen molar-refractivity contribution in [3.05, 3.63) is 79.0 Å². The van der Waals surface area contributed by atoms with E-state index in [1.807, 2.05) is 42.5 Å². The third kappa shape index (κ3) is 5.92.